The lowest BCUT2D eigenvalue weighted by Crippen LogP contribution is -2.36. The van der Waals surface area contributed by atoms with Gasteiger partial charge in [-0.25, -0.2) is 4.39 Å². The van der Waals surface area contributed by atoms with E-state index in [9.17, 15) is 9.50 Å². The van der Waals surface area contributed by atoms with Gasteiger partial charge in [0.15, 0.2) is 0 Å². The Hall–Kier alpha value is -0.900. The van der Waals surface area contributed by atoms with E-state index in [0.717, 1.165) is 30.8 Å². The van der Waals surface area contributed by atoms with Crippen LogP contribution in [0.4, 0.5) is 4.39 Å². The molecule has 0 amide bonds. The van der Waals surface area contributed by atoms with E-state index in [1.807, 2.05) is 0 Å². The molecular weight excluding hydrogens is 289 g/mol. The number of aliphatic hydroxyl groups is 1. The molecule has 0 saturated heterocycles. The van der Waals surface area contributed by atoms with Crippen LogP contribution in [-0.4, -0.2) is 36.2 Å². The fraction of sp³-hybridized carbons (Fsp3) is 0.529. The van der Waals surface area contributed by atoms with Gasteiger partial charge in [0.05, 0.1) is 6.61 Å². The van der Waals surface area contributed by atoms with Crippen molar-refractivity contribution in [3.63, 3.8) is 0 Å². The van der Waals surface area contributed by atoms with Gasteiger partial charge in [-0.3, -0.25) is 4.90 Å². The summed E-state index contributed by atoms with van der Waals surface area (Å²) in [6, 6.07) is 6.57. The van der Waals surface area contributed by atoms with Gasteiger partial charge < -0.3 is 5.11 Å². The van der Waals surface area contributed by atoms with Gasteiger partial charge in [-0.15, -0.1) is 12.4 Å². The Balaban J connectivity index is 0.00000220. The summed E-state index contributed by atoms with van der Waals surface area (Å²) in [6.45, 7) is 5.26. The minimum Gasteiger partial charge on any atom is -0.396 e. The van der Waals surface area contributed by atoms with Crippen molar-refractivity contribution in [2.24, 2.45) is 5.92 Å². The van der Waals surface area contributed by atoms with Gasteiger partial charge in [0.25, 0.3) is 0 Å². The van der Waals surface area contributed by atoms with Crippen molar-refractivity contribution in [2.45, 2.75) is 26.2 Å². The van der Waals surface area contributed by atoms with Gasteiger partial charge in [0.2, 0.25) is 0 Å². The maximum Gasteiger partial charge on any atom is 0.123 e. The van der Waals surface area contributed by atoms with E-state index in [1.165, 1.54) is 31.4 Å². The first kappa shape index (κ1) is 18.1. The van der Waals surface area contributed by atoms with E-state index in [1.54, 1.807) is 12.1 Å². The van der Waals surface area contributed by atoms with E-state index in [2.05, 4.69) is 17.9 Å². The molecule has 1 aromatic rings. The topological polar surface area (TPSA) is 23.5 Å². The highest BCUT2D eigenvalue weighted by molar-refractivity contribution is 5.85. The van der Waals surface area contributed by atoms with Crippen molar-refractivity contribution < 1.29 is 9.50 Å². The second-order valence-electron chi connectivity index (χ2n) is 5.51. The predicted octanol–water partition coefficient (Wildman–Crippen LogP) is 3.75. The SMILES string of the molecule is CCCCCN1CC=C(c2ccc(F)cc2)C(CO)C1.Cl. The maximum absolute atomic E-state index is 13.0. The molecule has 1 aromatic carbocycles. The van der Waals surface area contributed by atoms with Crippen LogP contribution in [-0.2, 0) is 0 Å². The summed E-state index contributed by atoms with van der Waals surface area (Å²) in [6.07, 6.45) is 5.89. The molecule has 1 N–H and O–H groups in total. The van der Waals surface area contributed by atoms with Crippen molar-refractivity contribution in [3.05, 3.63) is 41.7 Å². The highest BCUT2D eigenvalue weighted by Gasteiger charge is 2.22. The highest BCUT2D eigenvalue weighted by Crippen LogP contribution is 2.28. The van der Waals surface area contributed by atoms with Crippen LogP contribution in [0.25, 0.3) is 5.57 Å². The maximum atomic E-state index is 13.0. The fourth-order valence-corrected chi connectivity index (χ4v) is 2.80. The van der Waals surface area contributed by atoms with Crippen LogP contribution < -0.4 is 0 Å². The lowest BCUT2D eigenvalue weighted by Gasteiger charge is -2.32. The molecule has 21 heavy (non-hydrogen) atoms. The number of aliphatic hydroxyl groups excluding tert-OH is 1. The predicted molar refractivity (Wildman–Crippen MR) is 88.2 cm³/mol. The summed E-state index contributed by atoms with van der Waals surface area (Å²) in [5, 5.41) is 9.63. The second kappa shape index (κ2) is 9.19. The molecule has 1 heterocycles. The van der Waals surface area contributed by atoms with Gasteiger partial charge in [-0.2, -0.15) is 0 Å². The quantitative estimate of drug-likeness (QED) is 0.809. The number of nitrogens with zero attached hydrogens (tertiary/aromatic N) is 1. The zero-order valence-corrected chi connectivity index (χ0v) is 13.4. The summed E-state index contributed by atoms with van der Waals surface area (Å²) >= 11 is 0. The molecule has 2 rings (SSSR count). The van der Waals surface area contributed by atoms with Crippen molar-refractivity contribution in [2.75, 3.05) is 26.2 Å². The molecule has 0 aromatic heterocycles. The van der Waals surface area contributed by atoms with Crippen molar-refractivity contribution in [1.29, 1.82) is 0 Å². The summed E-state index contributed by atoms with van der Waals surface area (Å²) in [4.78, 5) is 2.39. The average molecular weight is 314 g/mol. The minimum absolute atomic E-state index is 0. The van der Waals surface area contributed by atoms with Gasteiger partial charge >= 0.3 is 0 Å². The van der Waals surface area contributed by atoms with Gasteiger partial charge in [-0.1, -0.05) is 38.0 Å². The van der Waals surface area contributed by atoms with E-state index >= 15 is 0 Å². The van der Waals surface area contributed by atoms with E-state index in [-0.39, 0.29) is 30.7 Å². The standard InChI is InChI=1S/C17H24FNO.ClH/c1-2-3-4-10-19-11-9-17(15(12-19)13-20)14-5-7-16(18)8-6-14;/h5-9,15,20H,2-4,10-13H2,1H3;1H. The minimum atomic E-state index is -0.216. The van der Waals surface area contributed by atoms with Crippen LogP contribution in [0, 0.1) is 11.7 Å². The Kier molecular flexibility index (Phi) is 7.94. The molecule has 0 aliphatic carbocycles. The molecule has 0 saturated carbocycles. The van der Waals surface area contributed by atoms with Crippen LogP contribution in [0.2, 0.25) is 0 Å². The molecule has 0 bridgehead atoms. The molecule has 0 radical (unpaired) electrons. The van der Waals surface area contributed by atoms with Gasteiger partial charge in [-0.05, 0) is 36.2 Å². The molecule has 2 nitrogen and oxygen atoms in total. The summed E-state index contributed by atoms with van der Waals surface area (Å²) in [5.41, 5.74) is 2.18. The molecular formula is C17H25ClFNO. The number of hydrogen-bond donors (Lipinski definition) is 1. The second-order valence-corrected chi connectivity index (χ2v) is 5.51. The highest BCUT2D eigenvalue weighted by atomic mass is 35.5. The van der Waals surface area contributed by atoms with Crippen molar-refractivity contribution >= 4 is 18.0 Å². The number of hydrogen-bond acceptors (Lipinski definition) is 2. The monoisotopic (exact) mass is 313 g/mol. The lowest BCUT2D eigenvalue weighted by molar-refractivity contribution is 0.191. The molecule has 0 spiro atoms. The van der Waals surface area contributed by atoms with Crippen LogP contribution in [0.5, 0.6) is 0 Å². The van der Waals surface area contributed by atoms with Gasteiger partial charge in [0, 0.05) is 19.0 Å². The van der Waals surface area contributed by atoms with Gasteiger partial charge in [0.1, 0.15) is 5.82 Å². The molecule has 1 atom stereocenters. The first-order valence-electron chi connectivity index (χ1n) is 7.53. The van der Waals surface area contributed by atoms with Crippen molar-refractivity contribution in [3.8, 4) is 0 Å². The number of rotatable bonds is 6. The fourth-order valence-electron chi connectivity index (χ4n) is 2.80. The average Bonchev–Trinajstić information content (AvgIpc) is 2.48. The molecule has 118 valence electrons. The normalized spacial score (nSPS) is 19.0. The van der Waals surface area contributed by atoms with Crippen LogP contribution in [0.3, 0.4) is 0 Å². The number of unbranched alkanes of at least 4 members (excludes halogenated alkanes) is 2. The number of benzene rings is 1. The van der Waals surface area contributed by atoms with E-state index in [0.29, 0.717) is 0 Å². The third-order valence-corrected chi connectivity index (χ3v) is 3.96. The van der Waals surface area contributed by atoms with Crippen LogP contribution in [0.1, 0.15) is 31.7 Å². The Morgan fingerprint density at radius 1 is 1.24 bits per heavy atom. The van der Waals surface area contributed by atoms with Crippen LogP contribution >= 0.6 is 12.4 Å². The number of halogens is 2. The third-order valence-electron chi connectivity index (χ3n) is 3.96. The Bertz CT molecular complexity index is 447. The smallest absolute Gasteiger partial charge is 0.123 e. The first-order valence-corrected chi connectivity index (χ1v) is 7.53. The molecule has 0 fully saturated rings. The Labute approximate surface area is 133 Å². The zero-order valence-electron chi connectivity index (χ0n) is 12.6. The summed E-state index contributed by atoms with van der Waals surface area (Å²) in [5.74, 6) is -0.0808. The summed E-state index contributed by atoms with van der Waals surface area (Å²) < 4.78 is 13.0. The third kappa shape index (κ3) is 5.10. The zero-order chi connectivity index (χ0) is 14.4. The molecule has 1 aliphatic heterocycles. The lowest BCUT2D eigenvalue weighted by atomic mass is 9.89. The molecule has 4 heteroatoms. The first-order chi connectivity index (χ1) is 9.74. The molecule has 1 unspecified atom stereocenters. The van der Waals surface area contributed by atoms with E-state index in [4.69, 9.17) is 0 Å². The Morgan fingerprint density at radius 2 is 1.95 bits per heavy atom. The summed E-state index contributed by atoms with van der Waals surface area (Å²) in [7, 11) is 0. The largest absolute Gasteiger partial charge is 0.396 e. The van der Waals surface area contributed by atoms with E-state index < -0.39 is 0 Å². The Morgan fingerprint density at radius 3 is 2.57 bits per heavy atom. The molecule has 1 aliphatic rings. The van der Waals surface area contributed by atoms with Crippen molar-refractivity contribution in [1.82, 2.24) is 4.90 Å². The van der Waals surface area contributed by atoms with Crippen LogP contribution in [0.15, 0.2) is 30.3 Å².